The van der Waals surface area contributed by atoms with Crippen molar-refractivity contribution in [1.29, 1.82) is 0 Å². The molecule has 6 rings (SSSR count). The number of anilines is 1. The summed E-state index contributed by atoms with van der Waals surface area (Å²) < 4.78 is 0.940. The highest BCUT2D eigenvalue weighted by molar-refractivity contribution is 7.22. The molecule has 2 aliphatic heterocycles. The fourth-order valence-corrected chi connectivity index (χ4v) is 6.60. The molecule has 2 aliphatic rings. The number of nitrogens with zero attached hydrogens (tertiary/aromatic N) is 5. The third-order valence-corrected chi connectivity index (χ3v) is 8.64. The van der Waals surface area contributed by atoms with Gasteiger partial charge < -0.3 is 20.9 Å². The van der Waals surface area contributed by atoms with Gasteiger partial charge in [-0.3, -0.25) is 9.59 Å². The van der Waals surface area contributed by atoms with E-state index in [1.165, 1.54) is 16.3 Å². The van der Waals surface area contributed by atoms with Gasteiger partial charge in [-0.15, -0.1) is 6.42 Å². The SMILES string of the molecule is C#CCN(C(=O)NCc1ccccc1)N1CC(=O)N2[C@@H](Cc3ccccc3)C(=O)N(Cc3cccc4sc(N)nc34)C[C@@H]21. The second kappa shape index (κ2) is 12.1. The molecule has 3 aromatic carbocycles. The fraction of sp³-hybridized carbons (Fsp3) is 0.250. The maximum Gasteiger partial charge on any atom is 0.333 e. The lowest BCUT2D eigenvalue weighted by atomic mass is 10.00. The van der Waals surface area contributed by atoms with Gasteiger partial charge in [-0.25, -0.2) is 14.8 Å². The van der Waals surface area contributed by atoms with E-state index < -0.39 is 18.2 Å². The largest absolute Gasteiger partial charge is 0.375 e. The standard InChI is InChI=1S/C32H31N7O3S/c1-2-16-37(32(42)34-18-23-12-7-4-8-13-23)38-21-28(40)39-25(17-22-10-5-3-6-11-22)30(41)36(20-27(38)39)19-24-14-9-15-26-29(24)35-31(33)43-26/h1,3-15,25,27H,16-21H2,(H2,33,35)(H,34,42)/t25-,27+/m0/s1. The van der Waals surface area contributed by atoms with Crippen molar-refractivity contribution in [1.82, 2.24) is 30.1 Å². The molecular formula is C32H31N7O3S. The molecule has 11 heteroatoms. The van der Waals surface area contributed by atoms with Crippen LogP contribution in [0.25, 0.3) is 10.2 Å². The molecule has 2 atom stereocenters. The maximum absolute atomic E-state index is 14.1. The van der Waals surface area contributed by atoms with Crippen LogP contribution in [-0.4, -0.2) is 74.5 Å². The van der Waals surface area contributed by atoms with E-state index in [4.69, 9.17) is 12.2 Å². The Morgan fingerprint density at radius 1 is 1.05 bits per heavy atom. The summed E-state index contributed by atoms with van der Waals surface area (Å²) in [6.45, 7) is 0.673. The van der Waals surface area contributed by atoms with Crippen molar-refractivity contribution in [3.05, 3.63) is 95.6 Å². The van der Waals surface area contributed by atoms with Crippen molar-refractivity contribution in [2.75, 3.05) is 25.4 Å². The van der Waals surface area contributed by atoms with Gasteiger partial charge in [0.05, 0.1) is 29.9 Å². The van der Waals surface area contributed by atoms with Crippen LogP contribution in [0.2, 0.25) is 0 Å². The van der Waals surface area contributed by atoms with E-state index >= 15 is 0 Å². The molecule has 3 heterocycles. The average Bonchev–Trinajstić information content (AvgIpc) is 3.56. The first-order valence-corrected chi connectivity index (χ1v) is 14.8. The van der Waals surface area contributed by atoms with E-state index in [1.54, 1.807) is 14.8 Å². The monoisotopic (exact) mass is 593 g/mol. The van der Waals surface area contributed by atoms with E-state index in [0.29, 0.717) is 18.1 Å². The van der Waals surface area contributed by atoms with Crippen molar-refractivity contribution in [3.63, 3.8) is 0 Å². The lowest BCUT2D eigenvalue weighted by molar-refractivity contribution is -0.157. The summed E-state index contributed by atoms with van der Waals surface area (Å²) in [4.78, 5) is 49.1. The number of para-hydroxylation sites is 1. The number of nitrogens with one attached hydrogen (secondary N) is 1. The second-order valence-electron chi connectivity index (χ2n) is 10.5. The Kier molecular flexibility index (Phi) is 7.96. The molecular weight excluding hydrogens is 562 g/mol. The summed E-state index contributed by atoms with van der Waals surface area (Å²) in [5, 5.41) is 6.48. The third kappa shape index (κ3) is 5.75. The predicted octanol–water partition coefficient (Wildman–Crippen LogP) is 3.06. The van der Waals surface area contributed by atoms with Crippen LogP contribution < -0.4 is 11.1 Å². The van der Waals surface area contributed by atoms with Crippen molar-refractivity contribution in [2.24, 2.45) is 0 Å². The Bertz CT molecular complexity index is 1690. The second-order valence-corrected chi connectivity index (χ2v) is 11.6. The highest BCUT2D eigenvalue weighted by atomic mass is 32.1. The van der Waals surface area contributed by atoms with Crippen LogP contribution >= 0.6 is 11.3 Å². The van der Waals surface area contributed by atoms with E-state index in [1.807, 2.05) is 78.9 Å². The average molecular weight is 594 g/mol. The minimum atomic E-state index is -0.751. The molecule has 3 N–H and O–H groups in total. The number of thiazole rings is 1. The van der Waals surface area contributed by atoms with Gasteiger partial charge in [0.2, 0.25) is 11.8 Å². The number of benzene rings is 3. The molecule has 0 aliphatic carbocycles. The molecule has 0 spiro atoms. The molecule has 4 amide bonds. The number of rotatable bonds is 8. The quantitative estimate of drug-likeness (QED) is 0.304. The van der Waals surface area contributed by atoms with E-state index in [0.717, 1.165) is 26.9 Å². The predicted molar refractivity (Wildman–Crippen MR) is 165 cm³/mol. The molecule has 0 radical (unpaired) electrons. The smallest absolute Gasteiger partial charge is 0.333 e. The number of aromatic nitrogens is 1. The van der Waals surface area contributed by atoms with Gasteiger partial charge in [-0.05, 0) is 22.8 Å². The topological polar surface area (TPSA) is 115 Å². The number of hydrogen-bond donors (Lipinski definition) is 2. The number of fused-ring (bicyclic) bond motifs is 2. The number of piperazine rings is 1. The van der Waals surface area contributed by atoms with Gasteiger partial charge in [-0.1, -0.05) is 90.1 Å². The Labute approximate surface area is 253 Å². The fourth-order valence-electron chi connectivity index (χ4n) is 5.81. The van der Waals surface area contributed by atoms with Crippen LogP contribution in [0.5, 0.6) is 0 Å². The van der Waals surface area contributed by atoms with Gasteiger partial charge in [0.1, 0.15) is 12.2 Å². The van der Waals surface area contributed by atoms with Crippen molar-refractivity contribution < 1.29 is 14.4 Å². The maximum atomic E-state index is 14.1. The Hall–Kier alpha value is -4.92. The molecule has 0 bridgehead atoms. The summed E-state index contributed by atoms with van der Waals surface area (Å²) >= 11 is 1.40. The third-order valence-electron chi connectivity index (χ3n) is 7.79. The summed E-state index contributed by atoms with van der Waals surface area (Å²) in [5.74, 6) is 2.17. The van der Waals surface area contributed by atoms with Crippen LogP contribution in [0.4, 0.5) is 9.93 Å². The normalized spacial score (nSPS) is 18.5. The number of amides is 4. The molecule has 0 unspecified atom stereocenters. The molecule has 0 saturated carbocycles. The van der Waals surface area contributed by atoms with Crippen molar-refractivity contribution in [3.8, 4) is 12.3 Å². The zero-order chi connectivity index (χ0) is 29.9. The first kappa shape index (κ1) is 28.2. The van der Waals surface area contributed by atoms with Crippen molar-refractivity contribution in [2.45, 2.75) is 31.7 Å². The zero-order valence-electron chi connectivity index (χ0n) is 23.4. The summed E-state index contributed by atoms with van der Waals surface area (Å²) in [6.07, 6.45) is 5.46. The lowest BCUT2D eigenvalue weighted by Gasteiger charge is -2.46. The minimum absolute atomic E-state index is 0.0348. The Balaban J connectivity index is 1.31. The Morgan fingerprint density at radius 3 is 2.49 bits per heavy atom. The summed E-state index contributed by atoms with van der Waals surface area (Å²) in [5.41, 5.74) is 9.49. The first-order chi connectivity index (χ1) is 20.9. The zero-order valence-corrected chi connectivity index (χ0v) is 24.2. The number of carbonyl (C=O) groups is 3. The van der Waals surface area contributed by atoms with Gasteiger partial charge >= 0.3 is 6.03 Å². The molecule has 2 saturated heterocycles. The van der Waals surface area contributed by atoms with Crippen LogP contribution in [0, 0.1) is 12.3 Å². The molecule has 218 valence electrons. The van der Waals surface area contributed by atoms with Gasteiger partial charge in [0.15, 0.2) is 5.13 Å². The van der Waals surface area contributed by atoms with E-state index in [2.05, 4.69) is 16.2 Å². The van der Waals surface area contributed by atoms with Crippen LogP contribution in [-0.2, 0) is 29.1 Å². The minimum Gasteiger partial charge on any atom is -0.375 e. The summed E-state index contributed by atoms with van der Waals surface area (Å²) in [6, 6.07) is 23.8. The number of nitrogens with two attached hydrogens (primary N) is 1. The van der Waals surface area contributed by atoms with Gasteiger partial charge in [0.25, 0.3) is 0 Å². The number of carbonyl (C=O) groups excluding carboxylic acids is 3. The molecule has 2 fully saturated rings. The number of hydrazine groups is 1. The number of urea groups is 1. The van der Waals surface area contributed by atoms with Gasteiger partial charge in [0, 0.05) is 19.5 Å². The number of hydrogen-bond acceptors (Lipinski definition) is 7. The molecule has 10 nitrogen and oxygen atoms in total. The molecule has 43 heavy (non-hydrogen) atoms. The number of terminal acetylenes is 1. The van der Waals surface area contributed by atoms with Gasteiger partial charge in [-0.2, -0.15) is 5.01 Å². The number of nitrogen functional groups attached to an aromatic ring is 1. The van der Waals surface area contributed by atoms with Crippen molar-refractivity contribution >= 4 is 44.5 Å². The van der Waals surface area contributed by atoms with Crippen LogP contribution in [0.15, 0.2) is 78.9 Å². The highest BCUT2D eigenvalue weighted by Crippen LogP contribution is 2.32. The lowest BCUT2D eigenvalue weighted by Crippen LogP contribution is -2.66. The Morgan fingerprint density at radius 2 is 1.77 bits per heavy atom. The van der Waals surface area contributed by atoms with Crippen LogP contribution in [0.3, 0.4) is 0 Å². The molecule has 1 aromatic heterocycles. The molecule has 4 aromatic rings. The highest BCUT2D eigenvalue weighted by Gasteiger charge is 2.52. The first-order valence-electron chi connectivity index (χ1n) is 14.0. The summed E-state index contributed by atoms with van der Waals surface area (Å²) in [7, 11) is 0. The van der Waals surface area contributed by atoms with E-state index in [9.17, 15) is 14.4 Å². The van der Waals surface area contributed by atoms with Crippen LogP contribution in [0.1, 0.15) is 16.7 Å². The van der Waals surface area contributed by atoms with E-state index in [-0.39, 0.29) is 38.0 Å².